The summed E-state index contributed by atoms with van der Waals surface area (Å²) in [6, 6.07) is 27.0. The van der Waals surface area contributed by atoms with Crippen molar-refractivity contribution in [2.75, 3.05) is 0 Å². The average Bonchev–Trinajstić information content (AvgIpc) is 3.40. The first kappa shape index (κ1) is 20.9. The van der Waals surface area contributed by atoms with Gasteiger partial charge in [0.15, 0.2) is 11.0 Å². The summed E-state index contributed by atoms with van der Waals surface area (Å²) < 4.78 is 0. The molecular weight excluding hydrogens is 432 g/mol. The van der Waals surface area contributed by atoms with Gasteiger partial charge in [0.25, 0.3) is 0 Å². The van der Waals surface area contributed by atoms with Crippen LogP contribution in [-0.2, 0) is 4.79 Å². The molecule has 33 heavy (non-hydrogen) atoms. The summed E-state index contributed by atoms with van der Waals surface area (Å²) >= 11 is 1.23. The molecule has 7 heteroatoms. The number of thioether (sulfide) groups is 1. The summed E-state index contributed by atoms with van der Waals surface area (Å²) in [5, 5.41) is 12.1. The second kappa shape index (κ2) is 9.26. The van der Waals surface area contributed by atoms with E-state index in [9.17, 15) is 9.59 Å². The third-order valence-corrected chi connectivity index (χ3v) is 6.46. The van der Waals surface area contributed by atoms with Gasteiger partial charge in [0, 0.05) is 28.5 Å². The third-order valence-electron chi connectivity index (χ3n) is 5.39. The maximum absolute atomic E-state index is 12.5. The quantitative estimate of drug-likeness (QED) is 0.244. The van der Waals surface area contributed by atoms with Crippen LogP contribution < -0.4 is 5.32 Å². The van der Waals surface area contributed by atoms with Gasteiger partial charge < -0.3 is 10.3 Å². The van der Waals surface area contributed by atoms with Crippen LogP contribution in [0.4, 0.5) is 0 Å². The molecule has 0 unspecified atom stereocenters. The molecule has 1 aliphatic rings. The molecule has 6 nitrogen and oxygen atoms in total. The van der Waals surface area contributed by atoms with Gasteiger partial charge in [-0.25, -0.2) is 0 Å². The van der Waals surface area contributed by atoms with Crippen molar-refractivity contribution in [2.24, 2.45) is 10.2 Å². The zero-order chi connectivity index (χ0) is 22.6. The minimum Gasteiger partial charge on any atom is -0.354 e. The number of fused-ring (bicyclic) bond motifs is 1. The van der Waals surface area contributed by atoms with Crippen molar-refractivity contribution in [2.45, 2.75) is 11.7 Å². The summed E-state index contributed by atoms with van der Waals surface area (Å²) in [6.45, 7) is 0. The van der Waals surface area contributed by atoms with Crippen molar-refractivity contribution in [3.05, 3.63) is 96.1 Å². The Labute approximate surface area is 194 Å². The van der Waals surface area contributed by atoms with E-state index in [-0.39, 0.29) is 18.1 Å². The van der Waals surface area contributed by atoms with E-state index < -0.39 is 5.25 Å². The van der Waals surface area contributed by atoms with E-state index in [0.29, 0.717) is 10.7 Å². The Morgan fingerprint density at radius 3 is 2.42 bits per heavy atom. The van der Waals surface area contributed by atoms with Crippen molar-refractivity contribution in [3.63, 3.8) is 0 Å². The number of amides is 1. The van der Waals surface area contributed by atoms with Crippen LogP contribution in [-0.4, -0.2) is 33.3 Å². The van der Waals surface area contributed by atoms with Crippen molar-refractivity contribution < 1.29 is 9.59 Å². The molecule has 0 aliphatic carbocycles. The summed E-state index contributed by atoms with van der Waals surface area (Å²) in [6.07, 6.45) is 1.81. The Kier molecular flexibility index (Phi) is 5.87. The van der Waals surface area contributed by atoms with Crippen molar-refractivity contribution >= 4 is 45.7 Å². The number of hydrogen-bond donors (Lipinski definition) is 2. The maximum Gasteiger partial charge on any atom is 0.240 e. The van der Waals surface area contributed by atoms with Crippen molar-refractivity contribution in [1.29, 1.82) is 0 Å². The third kappa shape index (κ3) is 4.49. The smallest absolute Gasteiger partial charge is 0.240 e. The van der Waals surface area contributed by atoms with Gasteiger partial charge in [-0.3, -0.25) is 9.59 Å². The van der Waals surface area contributed by atoms with E-state index in [1.54, 1.807) is 18.3 Å². The first-order chi connectivity index (χ1) is 16.2. The standard InChI is InChI=1S/C26H20N4O2S/c31-22(17-9-3-1-4-10-17)15-23-25(32)29-26(33-23)30-27-16-20-19-13-7-8-14-21(19)28-24(20)18-11-5-2-6-12-18/h1-14,16,23,28H,15H2,(H,29,30,32)/b27-16-/t23-/m0/s1. The number of ketones is 1. The lowest BCUT2D eigenvalue weighted by Gasteiger charge is -2.04. The van der Waals surface area contributed by atoms with Gasteiger partial charge in [0.2, 0.25) is 5.91 Å². The van der Waals surface area contributed by atoms with Gasteiger partial charge in [-0.2, -0.15) is 5.10 Å². The fourth-order valence-corrected chi connectivity index (χ4v) is 4.69. The second-order valence-electron chi connectivity index (χ2n) is 7.56. The normalized spacial score (nSPS) is 17.2. The van der Waals surface area contributed by atoms with Crippen LogP contribution in [0.25, 0.3) is 22.2 Å². The molecular formula is C26H20N4O2S. The molecule has 0 radical (unpaired) electrons. The molecule has 1 aliphatic heterocycles. The van der Waals surface area contributed by atoms with Crippen LogP contribution in [0.15, 0.2) is 95.1 Å². The molecule has 5 rings (SSSR count). The van der Waals surface area contributed by atoms with Crippen LogP contribution in [0.5, 0.6) is 0 Å². The highest BCUT2D eigenvalue weighted by Gasteiger charge is 2.32. The van der Waals surface area contributed by atoms with Gasteiger partial charge in [0.1, 0.15) is 0 Å². The lowest BCUT2D eigenvalue weighted by atomic mass is 10.1. The molecule has 2 N–H and O–H groups in total. The molecule has 0 spiro atoms. The SMILES string of the molecule is O=C(C[C@@H]1S/C(=N\N=C/c2c(-c3ccccc3)[nH]c3ccccc23)NC1=O)c1ccccc1. The van der Waals surface area contributed by atoms with Crippen LogP contribution >= 0.6 is 11.8 Å². The number of nitrogens with one attached hydrogen (secondary N) is 2. The first-order valence-electron chi connectivity index (χ1n) is 10.5. The molecule has 162 valence electrons. The number of benzene rings is 3. The van der Waals surface area contributed by atoms with E-state index in [0.717, 1.165) is 27.7 Å². The van der Waals surface area contributed by atoms with Gasteiger partial charge >= 0.3 is 0 Å². The van der Waals surface area contributed by atoms with E-state index in [1.807, 2.05) is 72.8 Å². The Morgan fingerprint density at radius 1 is 0.939 bits per heavy atom. The van der Waals surface area contributed by atoms with Crippen LogP contribution in [0.2, 0.25) is 0 Å². The number of carbonyl (C=O) groups excluding carboxylic acids is 2. The first-order valence-corrected chi connectivity index (χ1v) is 11.4. The van der Waals surface area contributed by atoms with Crippen LogP contribution in [0.1, 0.15) is 22.3 Å². The van der Waals surface area contributed by atoms with E-state index in [1.165, 1.54) is 11.8 Å². The van der Waals surface area contributed by atoms with E-state index >= 15 is 0 Å². The molecule has 4 aromatic rings. The molecule has 2 heterocycles. The van der Waals surface area contributed by atoms with Crippen molar-refractivity contribution in [1.82, 2.24) is 10.3 Å². The average molecular weight is 453 g/mol. The number of aromatic nitrogens is 1. The number of aromatic amines is 1. The lowest BCUT2D eigenvalue weighted by Crippen LogP contribution is -2.26. The summed E-state index contributed by atoms with van der Waals surface area (Å²) in [5.41, 5.74) is 4.53. The largest absolute Gasteiger partial charge is 0.354 e. The van der Waals surface area contributed by atoms with Gasteiger partial charge in [-0.15, -0.1) is 5.10 Å². The molecule has 1 saturated heterocycles. The number of Topliss-reactive ketones (excluding diaryl/α,β-unsaturated/α-hetero) is 1. The van der Waals surface area contributed by atoms with Crippen LogP contribution in [0, 0.1) is 0 Å². The van der Waals surface area contributed by atoms with Gasteiger partial charge in [0.05, 0.1) is 17.2 Å². The number of amidine groups is 1. The summed E-state index contributed by atoms with van der Waals surface area (Å²) in [5.74, 6) is -0.297. The number of carbonyl (C=O) groups is 2. The van der Waals surface area contributed by atoms with Crippen LogP contribution in [0.3, 0.4) is 0 Å². The zero-order valence-corrected chi connectivity index (χ0v) is 18.4. The number of H-pyrrole nitrogens is 1. The highest BCUT2D eigenvalue weighted by Crippen LogP contribution is 2.29. The molecule has 0 saturated carbocycles. The van der Waals surface area contributed by atoms with Gasteiger partial charge in [-0.1, -0.05) is 90.6 Å². The summed E-state index contributed by atoms with van der Waals surface area (Å²) in [7, 11) is 0. The predicted octanol–water partition coefficient (Wildman–Crippen LogP) is 5.03. The number of rotatable bonds is 6. The van der Waals surface area contributed by atoms with E-state index in [4.69, 9.17) is 0 Å². The molecule has 1 amide bonds. The molecule has 0 bridgehead atoms. The zero-order valence-electron chi connectivity index (χ0n) is 17.6. The minimum absolute atomic E-state index is 0.0701. The lowest BCUT2D eigenvalue weighted by molar-refractivity contribution is -0.118. The van der Waals surface area contributed by atoms with Crippen molar-refractivity contribution in [3.8, 4) is 11.3 Å². The second-order valence-corrected chi connectivity index (χ2v) is 8.76. The highest BCUT2D eigenvalue weighted by molar-refractivity contribution is 8.15. The maximum atomic E-state index is 12.5. The Morgan fingerprint density at radius 2 is 1.64 bits per heavy atom. The highest BCUT2D eigenvalue weighted by atomic mass is 32.2. The fourth-order valence-electron chi connectivity index (χ4n) is 3.77. The monoisotopic (exact) mass is 452 g/mol. The number of nitrogens with zero attached hydrogens (tertiary/aromatic N) is 2. The Hall–Kier alpha value is -3.97. The van der Waals surface area contributed by atoms with Gasteiger partial charge in [-0.05, 0) is 11.6 Å². The fraction of sp³-hybridized carbons (Fsp3) is 0.0769. The summed E-state index contributed by atoms with van der Waals surface area (Å²) in [4.78, 5) is 28.2. The molecule has 1 aromatic heterocycles. The number of para-hydroxylation sites is 1. The van der Waals surface area contributed by atoms with E-state index in [2.05, 4.69) is 20.5 Å². The molecule has 3 aromatic carbocycles. The topological polar surface area (TPSA) is 86.7 Å². The predicted molar refractivity (Wildman–Crippen MR) is 134 cm³/mol. The number of hydrogen-bond acceptors (Lipinski definition) is 5. The Bertz CT molecular complexity index is 1380. The molecule has 1 fully saturated rings. The minimum atomic E-state index is -0.514. The molecule has 1 atom stereocenters. The Balaban J connectivity index is 1.36.